The Morgan fingerprint density at radius 3 is 3.07 bits per heavy atom. The van der Waals surface area contributed by atoms with Crippen LogP contribution in [0.25, 0.3) is 0 Å². The summed E-state index contributed by atoms with van der Waals surface area (Å²) in [6.07, 6.45) is 1.07. The van der Waals surface area contributed by atoms with Crippen molar-refractivity contribution < 1.29 is 9.57 Å². The van der Waals surface area contributed by atoms with E-state index in [0.717, 1.165) is 25.3 Å². The minimum absolute atomic E-state index is 0.518. The van der Waals surface area contributed by atoms with Crippen LogP contribution in [0.3, 0.4) is 0 Å². The Kier molecular flexibility index (Phi) is 3.23. The van der Waals surface area contributed by atoms with Gasteiger partial charge < -0.3 is 9.57 Å². The van der Waals surface area contributed by atoms with E-state index in [4.69, 9.17) is 9.57 Å². The number of nitrogens with zero attached hydrogens (tertiary/aromatic N) is 1. The third kappa shape index (κ3) is 2.49. The van der Waals surface area contributed by atoms with Gasteiger partial charge in [0, 0.05) is 19.5 Å². The van der Waals surface area contributed by atoms with E-state index in [-0.39, 0.29) is 0 Å². The molecule has 3 nitrogen and oxygen atoms in total. The van der Waals surface area contributed by atoms with E-state index in [1.54, 1.807) is 7.11 Å². The van der Waals surface area contributed by atoms with Gasteiger partial charge in [-0.1, -0.05) is 18.2 Å². The molecule has 1 aliphatic rings. The molecule has 0 spiro atoms. The molecule has 0 saturated carbocycles. The van der Waals surface area contributed by atoms with Crippen LogP contribution in [0.2, 0.25) is 0 Å². The van der Waals surface area contributed by atoms with Crippen LogP contribution in [0.5, 0.6) is 5.75 Å². The van der Waals surface area contributed by atoms with Gasteiger partial charge in [0.15, 0.2) is 0 Å². The molecule has 0 radical (unpaired) electrons. The van der Waals surface area contributed by atoms with Crippen LogP contribution in [0, 0.1) is 5.92 Å². The first kappa shape index (κ1) is 10.5. The summed E-state index contributed by atoms with van der Waals surface area (Å²) in [4.78, 5) is 5.12. The van der Waals surface area contributed by atoms with Crippen molar-refractivity contribution in [2.75, 3.05) is 27.3 Å². The Bertz CT molecular complexity index is 327. The average molecular weight is 207 g/mol. The van der Waals surface area contributed by atoms with Gasteiger partial charge in [0.1, 0.15) is 5.75 Å². The van der Waals surface area contributed by atoms with Gasteiger partial charge in [-0.05, 0) is 18.1 Å². The fourth-order valence-corrected chi connectivity index (χ4v) is 1.95. The van der Waals surface area contributed by atoms with Crippen LogP contribution in [-0.2, 0) is 11.3 Å². The SMILES string of the molecule is CON(C)C[C@@H]1COc2ccccc2C1. The summed E-state index contributed by atoms with van der Waals surface area (Å²) < 4.78 is 5.70. The van der Waals surface area contributed by atoms with E-state index in [1.807, 2.05) is 24.2 Å². The highest BCUT2D eigenvalue weighted by atomic mass is 16.7. The Morgan fingerprint density at radius 2 is 2.27 bits per heavy atom. The summed E-state index contributed by atoms with van der Waals surface area (Å²) >= 11 is 0. The number of ether oxygens (including phenoxy) is 1. The van der Waals surface area contributed by atoms with Crippen molar-refractivity contribution >= 4 is 0 Å². The van der Waals surface area contributed by atoms with E-state index in [2.05, 4.69) is 12.1 Å². The lowest BCUT2D eigenvalue weighted by Crippen LogP contribution is -2.32. The number of para-hydroxylation sites is 1. The summed E-state index contributed by atoms with van der Waals surface area (Å²) in [5, 5.41) is 1.85. The van der Waals surface area contributed by atoms with Crippen LogP contribution >= 0.6 is 0 Å². The van der Waals surface area contributed by atoms with Crippen molar-refractivity contribution in [3.63, 3.8) is 0 Å². The summed E-state index contributed by atoms with van der Waals surface area (Å²) in [6.45, 7) is 1.69. The van der Waals surface area contributed by atoms with E-state index in [0.29, 0.717) is 5.92 Å². The number of hydroxylamine groups is 2. The van der Waals surface area contributed by atoms with Crippen LogP contribution in [0.15, 0.2) is 24.3 Å². The number of rotatable bonds is 3. The Balaban J connectivity index is 1.99. The van der Waals surface area contributed by atoms with Crippen molar-refractivity contribution in [1.29, 1.82) is 0 Å². The second-order valence-corrected chi connectivity index (χ2v) is 3.98. The van der Waals surface area contributed by atoms with Crippen LogP contribution < -0.4 is 4.74 Å². The van der Waals surface area contributed by atoms with Gasteiger partial charge in [-0.2, -0.15) is 5.06 Å². The van der Waals surface area contributed by atoms with Crippen molar-refractivity contribution in [3.8, 4) is 5.75 Å². The standard InChI is InChI=1S/C12H17NO2/c1-13(14-2)8-10-7-11-5-3-4-6-12(11)15-9-10/h3-6,10H,7-9H2,1-2H3/t10-/m1/s1. The van der Waals surface area contributed by atoms with Crippen molar-refractivity contribution in [2.45, 2.75) is 6.42 Å². The Morgan fingerprint density at radius 1 is 1.47 bits per heavy atom. The quantitative estimate of drug-likeness (QED) is 0.705. The maximum Gasteiger partial charge on any atom is 0.122 e. The molecule has 2 rings (SSSR count). The summed E-state index contributed by atoms with van der Waals surface area (Å²) in [6, 6.07) is 8.24. The van der Waals surface area contributed by atoms with Gasteiger partial charge in [0.2, 0.25) is 0 Å². The first-order valence-electron chi connectivity index (χ1n) is 5.25. The number of hydrogen-bond acceptors (Lipinski definition) is 3. The minimum atomic E-state index is 0.518. The summed E-state index contributed by atoms with van der Waals surface area (Å²) in [5.74, 6) is 1.55. The zero-order valence-electron chi connectivity index (χ0n) is 9.27. The molecule has 1 atom stereocenters. The van der Waals surface area contributed by atoms with E-state index in [1.165, 1.54) is 5.56 Å². The van der Waals surface area contributed by atoms with Gasteiger partial charge in [0.25, 0.3) is 0 Å². The number of fused-ring (bicyclic) bond motifs is 1. The van der Waals surface area contributed by atoms with E-state index in [9.17, 15) is 0 Å². The van der Waals surface area contributed by atoms with Gasteiger partial charge in [-0.25, -0.2) is 0 Å². The van der Waals surface area contributed by atoms with Crippen molar-refractivity contribution in [3.05, 3.63) is 29.8 Å². The number of benzene rings is 1. The van der Waals surface area contributed by atoms with Gasteiger partial charge in [0.05, 0.1) is 13.7 Å². The third-order valence-electron chi connectivity index (χ3n) is 2.78. The molecule has 82 valence electrons. The second-order valence-electron chi connectivity index (χ2n) is 3.98. The lowest BCUT2D eigenvalue weighted by atomic mass is 9.97. The van der Waals surface area contributed by atoms with Gasteiger partial charge >= 0.3 is 0 Å². The molecule has 0 aromatic heterocycles. The zero-order chi connectivity index (χ0) is 10.7. The zero-order valence-corrected chi connectivity index (χ0v) is 9.27. The molecule has 0 saturated heterocycles. The summed E-state index contributed by atoms with van der Waals surface area (Å²) in [5.41, 5.74) is 1.30. The highest BCUT2D eigenvalue weighted by Crippen LogP contribution is 2.26. The normalized spacial score (nSPS) is 19.8. The molecule has 1 aliphatic heterocycles. The molecule has 3 heteroatoms. The molecule has 0 fully saturated rings. The van der Waals surface area contributed by atoms with Crippen LogP contribution in [0.4, 0.5) is 0 Å². The largest absolute Gasteiger partial charge is 0.493 e. The van der Waals surface area contributed by atoms with Crippen LogP contribution in [0.1, 0.15) is 5.56 Å². The molecule has 1 heterocycles. The first-order chi connectivity index (χ1) is 7.29. The van der Waals surface area contributed by atoms with Crippen molar-refractivity contribution in [2.24, 2.45) is 5.92 Å². The monoisotopic (exact) mass is 207 g/mol. The van der Waals surface area contributed by atoms with Gasteiger partial charge in [-0.3, -0.25) is 0 Å². The van der Waals surface area contributed by atoms with E-state index >= 15 is 0 Å². The molecular formula is C12H17NO2. The molecule has 0 bridgehead atoms. The summed E-state index contributed by atoms with van der Waals surface area (Å²) in [7, 11) is 3.64. The Labute approximate surface area is 90.6 Å². The third-order valence-corrected chi connectivity index (χ3v) is 2.78. The highest BCUT2D eigenvalue weighted by Gasteiger charge is 2.20. The van der Waals surface area contributed by atoms with Crippen LogP contribution in [-0.4, -0.2) is 32.4 Å². The number of hydrogen-bond donors (Lipinski definition) is 0. The second kappa shape index (κ2) is 4.64. The highest BCUT2D eigenvalue weighted by molar-refractivity contribution is 5.35. The van der Waals surface area contributed by atoms with Gasteiger partial charge in [-0.15, -0.1) is 0 Å². The molecule has 1 aromatic carbocycles. The maximum atomic E-state index is 5.70. The molecule has 0 unspecified atom stereocenters. The molecule has 0 aliphatic carbocycles. The predicted octanol–water partition coefficient (Wildman–Crippen LogP) is 1.73. The molecule has 15 heavy (non-hydrogen) atoms. The lowest BCUT2D eigenvalue weighted by Gasteiger charge is -2.27. The first-order valence-corrected chi connectivity index (χ1v) is 5.25. The van der Waals surface area contributed by atoms with E-state index < -0.39 is 0 Å². The molecule has 0 N–H and O–H groups in total. The minimum Gasteiger partial charge on any atom is -0.493 e. The smallest absolute Gasteiger partial charge is 0.122 e. The maximum absolute atomic E-state index is 5.70. The lowest BCUT2D eigenvalue weighted by molar-refractivity contribution is -0.121. The Hall–Kier alpha value is -1.06. The topological polar surface area (TPSA) is 21.7 Å². The van der Waals surface area contributed by atoms with Crippen molar-refractivity contribution in [1.82, 2.24) is 5.06 Å². The molecule has 0 amide bonds. The average Bonchev–Trinajstić information content (AvgIpc) is 2.29. The fourth-order valence-electron chi connectivity index (χ4n) is 1.95. The predicted molar refractivity (Wildman–Crippen MR) is 58.8 cm³/mol. The fraction of sp³-hybridized carbons (Fsp3) is 0.500. The molecular weight excluding hydrogens is 190 g/mol. The molecule has 1 aromatic rings.